The molecule has 0 saturated carbocycles. The van der Waals surface area contributed by atoms with Gasteiger partial charge in [-0.05, 0) is 60.9 Å². The van der Waals surface area contributed by atoms with E-state index in [1.807, 2.05) is 26.0 Å². The van der Waals surface area contributed by atoms with Gasteiger partial charge in [-0.1, -0.05) is 18.2 Å². The Kier molecular flexibility index (Phi) is 7.68. The summed E-state index contributed by atoms with van der Waals surface area (Å²) >= 11 is 1.70. The molecule has 0 bridgehead atoms. The van der Waals surface area contributed by atoms with E-state index in [0.29, 0.717) is 36.8 Å². The summed E-state index contributed by atoms with van der Waals surface area (Å²) in [6.07, 6.45) is 0.750. The van der Waals surface area contributed by atoms with Crippen molar-refractivity contribution in [2.75, 3.05) is 26.3 Å². The van der Waals surface area contributed by atoms with E-state index in [-0.39, 0.29) is 18.4 Å². The number of amides is 2. The average molecular weight is 427 g/mol. The lowest BCUT2D eigenvalue weighted by Gasteiger charge is -2.12. The minimum Gasteiger partial charge on any atom is -0.490 e. The molecule has 2 amide bonds. The van der Waals surface area contributed by atoms with Crippen molar-refractivity contribution in [1.82, 2.24) is 10.6 Å². The largest absolute Gasteiger partial charge is 0.490 e. The zero-order chi connectivity index (χ0) is 21.3. The molecule has 6 nitrogen and oxygen atoms in total. The summed E-state index contributed by atoms with van der Waals surface area (Å²) < 4.78 is 12.3. The molecule has 3 rings (SSSR count). The van der Waals surface area contributed by atoms with Crippen LogP contribution in [-0.2, 0) is 11.2 Å². The number of hydrogen-bond donors (Lipinski definition) is 2. The molecule has 0 aliphatic heterocycles. The summed E-state index contributed by atoms with van der Waals surface area (Å²) in [5.41, 5.74) is 1.64. The highest BCUT2D eigenvalue weighted by atomic mass is 32.1. The normalized spacial score (nSPS) is 10.6. The summed E-state index contributed by atoms with van der Waals surface area (Å²) in [6, 6.07) is 13.2. The van der Waals surface area contributed by atoms with Crippen LogP contribution in [0.3, 0.4) is 0 Å². The first-order valence-electron chi connectivity index (χ1n) is 10.0. The Morgan fingerprint density at radius 3 is 2.53 bits per heavy atom. The van der Waals surface area contributed by atoms with Gasteiger partial charge in [-0.15, -0.1) is 11.3 Å². The van der Waals surface area contributed by atoms with Gasteiger partial charge in [0.2, 0.25) is 5.91 Å². The third-order valence-electron chi connectivity index (χ3n) is 4.49. The topological polar surface area (TPSA) is 76.7 Å². The van der Waals surface area contributed by atoms with E-state index < -0.39 is 0 Å². The zero-order valence-corrected chi connectivity index (χ0v) is 18.0. The zero-order valence-electron chi connectivity index (χ0n) is 17.2. The predicted octanol–water partition coefficient (Wildman–Crippen LogP) is 3.79. The molecule has 0 atom stereocenters. The molecule has 7 heteroatoms. The number of carbonyl (C=O) groups excluding carboxylic acids is 2. The van der Waals surface area contributed by atoms with Crippen molar-refractivity contribution in [3.05, 3.63) is 59.0 Å². The molecule has 3 aromatic rings. The van der Waals surface area contributed by atoms with Crippen LogP contribution in [0.15, 0.2) is 47.8 Å². The number of benzene rings is 2. The maximum absolute atomic E-state index is 12.4. The van der Waals surface area contributed by atoms with Crippen LogP contribution in [0.1, 0.15) is 29.8 Å². The summed E-state index contributed by atoms with van der Waals surface area (Å²) in [7, 11) is 0. The second-order valence-electron chi connectivity index (χ2n) is 6.57. The van der Waals surface area contributed by atoms with Crippen LogP contribution in [-0.4, -0.2) is 38.1 Å². The van der Waals surface area contributed by atoms with Crippen molar-refractivity contribution < 1.29 is 19.1 Å². The molecule has 0 aliphatic rings. The number of carbonyl (C=O) groups is 2. The Balaban J connectivity index is 1.48. The van der Waals surface area contributed by atoms with Crippen molar-refractivity contribution in [2.24, 2.45) is 0 Å². The van der Waals surface area contributed by atoms with Gasteiger partial charge in [0, 0.05) is 16.8 Å². The van der Waals surface area contributed by atoms with Crippen LogP contribution >= 0.6 is 11.3 Å². The fraction of sp³-hybridized carbons (Fsp3) is 0.304. The number of thiophene rings is 1. The molecular weight excluding hydrogens is 400 g/mol. The first-order chi connectivity index (χ1) is 14.6. The second-order valence-corrected chi connectivity index (χ2v) is 7.48. The molecular formula is C23H26N2O4S. The van der Waals surface area contributed by atoms with Gasteiger partial charge in [-0.25, -0.2) is 0 Å². The van der Waals surface area contributed by atoms with Crippen molar-refractivity contribution in [3.8, 4) is 11.5 Å². The van der Waals surface area contributed by atoms with Gasteiger partial charge in [0.1, 0.15) is 0 Å². The number of rotatable bonds is 10. The molecule has 0 spiro atoms. The van der Waals surface area contributed by atoms with E-state index in [4.69, 9.17) is 9.47 Å². The maximum Gasteiger partial charge on any atom is 0.251 e. The van der Waals surface area contributed by atoms with Crippen molar-refractivity contribution in [3.63, 3.8) is 0 Å². The summed E-state index contributed by atoms with van der Waals surface area (Å²) in [4.78, 5) is 24.5. The van der Waals surface area contributed by atoms with E-state index in [1.54, 1.807) is 29.5 Å². The molecule has 0 saturated heterocycles. The Morgan fingerprint density at radius 2 is 1.73 bits per heavy atom. The van der Waals surface area contributed by atoms with E-state index >= 15 is 0 Å². The molecule has 0 radical (unpaired) electrons. The average Bonchev–Trinajstić information content (AvgIpc) is 3.17. The van der Waals surface area contributed by atoms with Gasteiger partial charge in [-0.3, -0.25) is 9.59 Å². The monoisotopic (exact) mass is 426 g/mol. The molecule has 0 fully saturated rings. The van der Waals surface area contributed by atoms with E-state index in [0.717, 1.165) is 6.42 Å². The fourth-order valence-electron chi connectivity index (χ4n) is 3.08. The maximum atomic E-state index is 12.4. The Hall–Kier alpha value is -3.06. The highest BCUT2D eigenvalue weighted by Gasteiger charge is 2.13. The first-order valence-corrected chi connectivity index (χ1v) is 10.9. The quantitative estimate of drug-likeness (QED) is 0.517. The number of fused-ring (bicyclic) bond motifs is 1. The van der Waals surface area contributed by atoms with Crippen LogP contribution in [0.25, 0.3) is 10.1 Å². The third-order valence-corrected chi connectivity index (χ3v) is 5.51. The Labute approximate surface area is 180 Å². The van der Waals surface area contributed by atoms with Gasteiger partial charge < -0.3 is 20.1 Å². The Morgan fingerprint density at radius 1 is 0.967 bits per heavy atom. The molecule has 1 aromatic heterocycles. The van der Waals surface area contributed by atoms with E-state index in [1.165, 1.54) is 15.6 Å². The lowest BCUT2D eigenvalue weighted by molar-refractivity contribution is -0.120. The molecule has 30 heavy (non-hydrogen) atoms. The summed E-state index contributed by atoms with van der Waals surface area (Å²) in [6.45, 7) is 5.16. The van der Waals surface area contributed by atoms with E-state index in [9.17, 15) is 9.59 Å². The van der Waals surface area contributed by atoms with Crippen molar-refractivity contribution in [2.45, 2.75) is 20.3 Å². The first kappa shape index (κ1) is 21.6. The lowest BCUT2D eigenvalue weighted by atomic mass is 10.1. The van der Waals surface area contributed by atoms with Gasteiger partial charge in [-0.2, -0.15) is 0 Å². The molecule has 2 N–H and O–H groups in total. The van der Waals surface area contributed by atoms with Crippen molar-refractivity contribution >= 4 is 33.2 Å². The SMILES string of the molecule is CCOc1ccc(C(=O)NCC(=O)NCCc2csc3ccccc23)cc1OCC. The van der Waals surface area contributed by atoms with Crippen LogP contribution in [0.2, 0.25) is 0 Å². The predicted molar refractivity (Wildman–Crippen MR) is 120 cm³/mol. The standard InChI is InChI=1S/C23H26N2O4S/c1-3-28-19-10-9-16(13-20(19)29-4-2)23(27)25-14-22(26)24-12-11-17-15-30-21-8-6-5-7-18(17)21/h5-10,13,15H,3-4,11-12,14H2,1-2H3,(H,24,26)(H,25,27). The Bertz CT molecular complexity index is 1020. The smallest absolute Gasteiger partial charge is 0.251 e. The third kappa shape index (κ3) is 5.51. The number of ether oxygens (including phenoxy) is 2. The summed E-state index contributed by atoms with van der Waals surface area (Å²) in [5, 5.41) is 8.86. The second kappa shape index (κ2) is 10.6. The van der Waals surface area contributed by atoms with Crippen LogP contribution in [0.4, 0.5) is 0 Å². The molecule has 0 unspecified atom stereocenters. The minimum atomic E-state index is -0.335. The van der Waals surface area contributed by atoms with Gasteiger partial charge in [0.15, 0.2) is 11.5 Å². The van der Waals surface area contributed by atoms with Crippen LogP contribution < -0.4 is 20.1 Å². The number of nitrogens with one attached hydrogen (secondary N) is 2. The molecule has 0 aliphatic carbocycles. The van der Waals surface area contributed by atoms with Crippen molar-refractivity contribution in [1.29, 1.82) is 0 Å². The molecule has 2 aromatic carbocycles. The van der Waals surface area contributed by atoms with Gasteiger partial charge in [0.05, 0.1) is 19.8 Å². The molecule has 1 heterocycles. The van der Waals surface area contributed by atoms with Gasteiger partial charge in [0.25, 0.3) is 5.91 Å². The number of hydrogen-bond acceptors (Lipinski definition) is 5. The highest BCUT2D eigenvalue weighted by molar-refractivity contribution is 7.17. The molecule has 158 valence electrons. The van der Waals surface area contributed by atoms with Crippen LogP contribution in [0.5, 0.6) is 11.5 Å². The van der Waals surface area contributed by atoms with Gasteiger partial charge >= 0.3 is 0 Å². The van der Waals surface area contributed by atoms with Crippen LogP contribution in [0, 0.1) is 0 Å². The highest BCUT2D eigenvalue weighted by Crippen LogP contribution is 2.28. The fourth-order valence-corrected chi connectivity index (χ4v) is 4.08. The minimum absolute atomic E-state index is 0.0829. The van der Waals surface area contributed by atoms with E-state index in [2.05, 4.69) is 28.1 Å². The summed E-state index contributed by atoms with van der Waals surface area (Å²) in [5.74, 6) is 0.547. The lowest BCUT2D eigenvalue weighted by Crippen LogP contribution is -2.37.